The molecule has 5 nitrogen and oxygen atoms in total. The topological polar surface area (TPSA) is 60.8 Å². The van der Waals surface area contributed by atoms with E-state index < -0.39 is 6.10 Å². The van der Waals surface area contributed by atoms with Gasteiger partial charge in [-0.1, -0.05) is 12.8 Å². The minimum Gasteiger partial charge on any atom is -0.386 e. The molecule has 1 aromatic heterocycles. The molecule has 0 aromatic carbocycles. The van der Waals surface area contributed by atoms with Crippen molar-refractivity contribution in [2.75, 3.05) is 26.2 Å². The molecule has 126 valence electrons. The zero-order chi connectivity index (χ0) is 16.1. The number of fused-ring (bicyclic) bond motifs is 1. The van der Waals surface area contributed by atoms with Crippen LogP contribution >= 0.6 is 0 Å². The molecule has 0 radical (unpaired) electrons. The quantitative estimate of drug-likeness (QED) is 0.660. The standard InChI is InChI=1S/C18H28N4O/c1-2-20-18(21-11-17(23)14-7-9-19-10-8-14)22-12-15-5-3-4-6-16(15)13-22/h7-10,15-17,23H,2-6,11-13H2,1H3,(H,20,21). The van der Waals surface area contributed by atoms with Crippen molar-refractivity contribution in [3.05, 3.63) is 30.1 Å². The molecule has 1 saturated heterocycles. The van der Waals surface area contributed by atoms with Crippen LogP contribution in [0.15, 0.2) is 29.5 Å². The molecule has 1 aliphatic heterocycles. The van der Waals surface area contributed by atoms with Crippen molar-refractivity contribution in [3.8, 4) is 0 Å². The molecule has 5 heteroatoms. The van der Waals surface area contributed by atoms with Gasteiger partial charge in [0.2, 0.25) is 0 Å². The van der Waals surface area contributed by atoms with E-state index in [1.165, 1.54) is 25.7 Å². The Balaban J connectivity index is 1.64. The van der Waals surface area contributed by atoms with Gasteiger partial charge in [0.1, 0.15) is 0 Å². The highest BCUT2D eigenvalue weighted by atomic mass is 16.3. The Kier molecular flexibility index (Phi) is 5.49. The minimum atomic E-state index is -0.573. The number of hydrogen-bond donors (Lipinski definition) is 2. The van der Waals surface area contributed by atoms with Crippen molar-refractivity contribution in [2.45, 2.75) is 38.7 Å². The number of aliphatic imine (C=N–C) groups is 1. The number of pyridine rings is 1. The second kappa shape index (κ2) is 7.77. The van der Waals surface area contributed by atoms with E-state index in [0.717, 1.165) is 43.0 Å². The van der Waals surface area contributed by atoms with Crippen LogP contribution in [0.5, 0.6) is 0 Å². The molecule has 0 amide bonds. The molecule has 23 heavy (non-hydrogen) atoms. The summed E-state index contributed by atoms with van der Waals surface area (Å²) < 4.78 is 0. The van der Waals surface area contributed by atoms with Gasteiger partial charge in [-0.25, -0.2) is 0 Å². The minimum absolute atomic E-state index is 0.387. The number of aromatic nitrogens is 1. The summed E-state index contributed by atoms with van der Waals surface area (Å²) in [4.78, 5) is 11.1. The number of aliphatic hydroxyl groups is 1. The molecule has 0 bridgehead atoms. The molecule has 0 spiro atoms. The van der Waals surface area contributed by atoms with Gasteiger partial charge in [0.25, 0.3) is 0 Å². The molecule has 1 aromatic rings. The molecule has 3 atom stereocenters. The summed E-state index contributed by atoms with van der Waals surface area (Å²) in [6.45, 7) is 5.57. The van der Waals surface area contributed by atoms with Crippen LogP contribution in [0.4, 0.5) is 0 Å². The lowest BCUT2D eigenvalue weighted by molar-refractivity contribution is 0.186. The van der Waals surface area contributed by atoms with Gasteiger partial charge in [-0.2, -0.15) is 0 Å². The van der Waals surface area contributed by atoms with Gasteiger partial charge in [-0.3, -0.25) is 9.98 Å². The fraction of sp³-hybridized carbons (Fsp3) is 0.667. The Hall–Kier alpha value is -1.62. The zero-order valence-electron chi connectivity index (χ0n) is 14.0. The molecule has 2 fully saturated rings. The Morgan fingerprint density at radius 1 is 1.30 bits per heavy atom. The maximum Gasteiger partial charge on any atom is 0.194 e. The zero-order valence-corrected chi connectivity index (χ0v) is 14.0. The van der Waals surface area contributed by atoms with E-state index in [4.69, 9.17) is 4.99 Å². The van der Waals surface area contributed by atoms with E-state index in [9.17, 15) is 5.11 Å². The van der Waals surface area contributed by atoms with Gasteiger partial charge in [0.15, 0.2) is 5.96 Å². The average Bonchev–Trinajstić information content (AvgIpc) is 3.03. The van der Waals surface area contributed by atoms with Crippen LogP contribution in [0, 0.1) is 11.8 Å². The smallest absolute Gasteiger partial charge is 0.194 e. The van der Waals surface area contributed by atoms with E-state index in [0.29, 0.717) is 6.54 Å². The van der Waals surface area contributed by atoms with Crippen LogP contribution in [-0.2, 0) is 0 Å². The van der Waals surface area contributed by atoms with Crippen molar-refractivity contribution in [3.63, 3.8) is 0 Å². The highest BCUT2D eigenvalue weighted by Crippen LogP contribution is 2.35. The Bertz CT molecular complexity index is 505. The fourth-order valence-electron chi connectivity index (χ4n) is 3.87. The average molecular weight is 316 g/mol. The van der Waals surface area contributed by atoms with Gasteiger partial charge in [-0.05, 0) is 49.3 Å². The lowest BCUT2D eigenvalue weighted by Gasteiger charge is -2.22. The molecule has 1 saturated carbocycles. The third-order valence-corrected chi connectivity index (χ3v) is 5.12. The van der Waals surface area contributed by atoms with Crippen LogP contribution in [0.25, 0.3) is 0 Å². The van der Waals surface area contributed by atoms with E-state index in [-0.39, 0.29) is 0 Å². The van der Waals surface area contributed by atoms with Crippen LogP contribution in [-0.4, -0.2) is 47.1 Å². The van der Waals surface area contributed by atoms with Crippen LogP contribution in [0.2, 0.25) is 0 Å². The van der Waals surface area contributed by atoms with Gasteiger partial charge in [-0.15, -0.1) is 0 Å². The van der Waals surface area contributed by atoms with Crippen LogP contribution in [0.3, 0.4) is 0 Å². The Morgan fingerprint density at radius 2 is 1.96 bits per heavy atom. The van der Waals surface area contributed by atoms with Crippen molar-refractivity contribution < 1.29 is 5.11 Å². The molecule has 3 rings (SSSR count). The SMILES string of the molecule is CCNC(=NCC(O)c1ccncc1)N1CC2CCCCC2C1. The Morgan fingerprint density at radius 3 is 2.57 bits per heavy atom. The third kappa shape index (κ3) is 4.02. The highest BCUT2D eigenvalue weighted by Gasteiger charge is 2.35. The maximum atomic E-state index is 10.3. The first-order valence-electron chi connectivity index (χ1n) is 8.89. The molecule has 1 aliphatic carbocycles. The first-order valence-corrected chi connectivity index (χ1v) is 8.89. The monoisotopic (exact) mass is 316 g/mol. The summed E-state index contributed by atoms with van der Waals surface area (Å²) >= 11 is 0. The molecular formula is C18H28N4O. The van der Waals surface area contributed by atoms with E-state index in [1.807, 2.05) is 12.1 Å². The highest BCUT2D eigenvalue weighted by molar-refractivity contribution is 5.80. The largest absolute Gasteiger partial charge is 0.386 e. The predicted octanol–water partition coefficient (Wildman–Crippen LogP) is 2.20. The predicted molar refractivity (Wildman–Crippen MR) is 92.2 cm³/mol. The lowest BCUT2D eigenvalue weighted by atomic mass is 9.82. The lowest BCUT2D eigenvalue weighted by Crippen LogP contribution is -2.40. The van der Waals surface area contributed by atoms with E-state index in [1.54, 1.807) is 12.4 Å². The number of nitrogens with one attached hydrogen (secondary N) is 1. The number of rotatable bonds is 4. The third-order valence-electron chi connectivity index (χ3n) is 5.12. The molecule has 3 unspecified atom stereocenters. The summed E-state index contributed by atoms with van der Waals surface area (Å²) in [6.07, 6.45) is 8.32. The first kappa shape index (κ1) is 16.2. The van der Waals surface area contributed by atoms with Crippen molar-refractivity contribution >= 4 is 5.96 Å². The first-order chi connectivity index (χ1) is 11.3. The summed E-state index contributed by atoms with van der Waals surface area (Å²) in [5.74, 6) is 2.62. The van der Waals surface area contributed by atoms with Gasteiger partial charge in [0, 0.05) is 32.0 Å². The van der Waals surface area contributed by atoms with Gasteiger partial charge < -0.3 is 15.3 Å². The van der Waals surface area contributed by atoms with Crippen molar-refractivity contribution in [2.24, 2.45) is 16.8 Å². The number of nitrogens with zero attached hydrogens (tertiary/aromatic N) is 3. The number of aliphatic hydroxyl groups excluding tert-OH is 1. The molecule has 2 heterocycles. The summed E-state index contributed by atoms with van der Waals surface area (Å²) in [5.41, 5.74) is 0.870. The normalized spacial score (nSPS) is 26.0. The van der Waals surface area contributed by atoms with E-state index in [2.05, 4.69) is 22.1 Å². The molecule has 2 N–H and O–H groups in total. The maximum absolute atomic E-state index is 10.3. The van der Waals surface area contributed by atoms with Gasteiger partial charge in [0.05, 0.1) is 12.6 Å². The van der Waals surface area contributed by atoms with Crippen LogP contribution in [0.1, 0.15) is 44.3 Å². The summed E-state index contributed by atoms with van der Waals surface area (Å²) in [5, 5.41) is 13.7. The van der Waals surface area contributed by atoms with Crippen molar-refractivity contribution in [1.82, 2.24) is 15.2 Å². The van der Waals surface area contributed by atoms with E-state index >= 15 is 0 Å². The van der Waals surface area contributed by atoms with Crippen molar-refractivity contribution in [1.29, 1.82) is 0 Å². The second-order valence-corrected chi connectivity index (χ2v) is 6.70. The van der Waals surface area contributed by atoms with Crippen LogP contribution < -0.4 is 5.32 Å². The van der Waals surface area contributed by atoms with Gasteiger partial charge >= 0.3 is 0 Å². The molecule has 2 aliphatic rings. The number of hydrogen-bond acceptors (Lipinski definition) is 3. The second-order valence-electron chi connectivity index (χ2n) is 6.70. The summed E-state index contributed by atoms with van der Waals surface area (Å²) in [6, 6.07) is 3.69. The molecular weight excluding hydrogens is 288 g/mol. The Labute approximate surface area is 138 Å². The fourth-order valence-corrected chi connectivity index (χ4v) is 3.87. The summed E-state index contributed by atoms with van der Waals surface area (Å²) in [7, 11) is 0. The number of guanidine groups is 1. The number of likely N-dealkylation sites (tertiary alicyclic amines) is 1.